The van der Waals surface area contributed by atoms with Crippen molar-refractivity contribution in [3.8, 4) is 0 Å². The second kappa shape index (κ2) is 4.52. The number of nitrogens with two attached hydrogens (primary N) is 1. The SMILES string of the molecule is CC1CCCCN1C1(CN)CN2CCC1CC2. The molecule has 2 bridgehead atoms. The molecule has 17 heavy (non-hydrogen) atoms. The average molecular weight is 237 g/mol. The van der Waals surface area contributed by atoms with Gasteiger partial charge in [0.1, 0.15) is 0 Å². The fourth-order valence-electron chi connectivity index (χ4n) is 4.58. The lowest BCUT2D eigenvalue weighted by Crippen LogP contribution is -2.72. The summed E-state index contributed by atoms with van der Waals surface area (Å²) in [4.78, 5) is 5.43. The van der Waals surface area contributed by atoms with E-state index in [1.54, 1.807) is 0 Å². The van der Waals surface area contributed by atoms with Crippen LogP contribution in [0.25, 0.3) is 0 Å². The lowest BCUT2D eigenvalue weighted by molar-refractivity contribution is -0.0916. The van der Waals surface area contributed by atoms with Gasteiger partial charge in [-0.05, 0) is 58.2 Å². The molecule has 98 valence electrons. The number of fused-ring (bicyclic) bond motifs is 3. The number of rotatable bonds is 2. The number of hydrogen-bond acceptors (Lipinski definition) is 3. The van der Waals surface area contributed by atoms with Crippen molar-refractivity contribution < 1.29 is 0 Å². The second-order valence-electron chi connectivity index (χ2n) is 6.40. The molecule has 4 heterocycles. The molecule has 4 fully saturated rings. The quantitative estimate of drug-likeness (QED) is 0.785. The molecule has 3 heteroatoms. The van der Waals surface area contributed by atoms with E-state index in [0.29, 0.717) is 5.54 Å². The Labute approximate surface area is 105 Å². The fraction of sp³-hybridized carbons (Fsp3) is 1.00. The zero-order chi connectivity index (χ0) is 11.9. The Balaban J connectivity index is 1.85. The summed E-state index contributed by atoms with van der Waals surface area (Å²) in [5, 5.41) is 0. The zero-order valence-corrected chi connectivity index (χ0v) is 11.2. The average Bonchev–Trinajstić information content (AvgIpc) is 2.40. The second-order valence-corrected chi connectivity index (χ2v) is 6.40. The van der Waals surface area contributed by atoms with Crippen LogP contribution in [0, 0.1) is 5.92 Å². The van der Waals surface area contributed by atoms with Crippen molar-refractivity contribution in [1.82, 2.24) is 9.80 Å². The molecule has 0 radical (unpaired) electrons. The maximum absolute atomic E-state index is 6.25. The number of hydrogen-bond donors (Lipinski definition) is 1. The van der Waals surface area contributed by atoms with Crippen LogP contribution in [0.15, 0.2) is 0 Å². The van der Waals surface area contributed by atoms with Crippen LogP contribution in [0.2, 0.25) is 0 Å². The van der Waals surface area contributed by atoms with Crippen LogP contribution >= 0.6 is 0 Å². The van der Waals surface area contributed by atoms with E-state index < -0.39 is 0 Å². The van der Waals surface area contributed by atoms with Gasteiger partial charge in [0.05, 0.1) is 0 Å². The molecule has 2 atom stereocenters. The lowest BCUT2D eigenvalue weighted by atomic mass is 9.70. The Morgan fingerprint density at radius 1 is 1.12 bits per heavy atom. The predicted octanol–water partition coefficient (Wildman–Crippen LogP) is 1.28. The summed E-state index contributed by atoms with van der Waals surface area (Å²) in [6.07, 6.45) is 6.90. The minimum absolute atomic E-state index is 0.316. The van der Waals surface area contributed by atoms with Gasteiger partial charge in [-0.15, -0.1) is 0 Å². The summed E-state index contributed by atoms with van der Waals surface area (Å²) in [7, 11) is 0. The molecule has 0 spiro atoms. The molecule has 0 aromatic heterocycles. The Bertz CT molecular complexity index is 273. The van der Waals surface area contributed by atoms with Crippen molar-refractivity contribution in [2.75, 3.05) is 32.7 Å². The van der Waals surface area contributed by atoms with Gasteiger partial charge in [0.15, 0.2) is 0 Å². The van der Waals surface area contributed by atoms with E-state index in [9.17, 15) is 0 Å². The highest BCUT2D eigenvalue weighted by atomic mass is 15.3. The standard InChI is InChI=1S/C14H27N3/c1-12-4-2-3-7-17(12)14(10-15)11-16-8-5-13(14)6-9-16/h12-13H,2-11,15H2,1H3. The van der Waals surface area contributed by atoms with Gasteiger partial charge in [-0.2, -0.15) is 0 Å². The molecule has 0 amide bonds. The van der Waals surface area contributed by atoms with Gasteiger partial charge in [-0.3, -0.25) is 4.90 Å². The molecular weight excluding hydrogens is 210 g/mol. The first-order valence-electron chi connectivity index (χ1n) is 7.45. The van der Waals surface area contributed by atoms with Crippen molar-refractivity contribution in [3.05, 3.63) is 0 Å². The minimum Gasteiger partial charge on any atom is -0.329 e. The van der Waals surface area contributed by atoms with Crippen molar-refractivity contribution in [3.63, 3.8) is 0 Å². The zero-order valence-electron chi connectivity index (χ0n) is 11.2. The first-order chi connectivity index (χ1) is 8.26. The molecule has 3 nitrogen and oxygen atoms in total. The summed E-state index contributed by atoms with van der Waals surface area (Å²) in [5.74, 6) is 0.859. The van der Waals surface area contributed by atoms with E-state index in [0.717, 1.165) is 18.5 Å². The Kier molecular flexibility index (Phi) is 3.18. The highest BCUT2D eigenvalue weighted by Crippen LogP contribution is 2.41. The van der Waals surface area contributed by atoms with Gasteiger partial charge in [-0.25, -0.2) is 0 Å². The molecule has 0 aromatic carbocycles. The summed E-state index contributed by atoms with van der Waals surface area (Å²) >= 11 is 0. The van der Waals surface area contributed by atoms with Gasteiger partial charge in [-0.1, -0.05) is 6.42 Å². The molecule has 4 aliphatic heterocycles. The monoisotopic (exact) mass is 237 g/mol. The third-order valence-corrected chi connectivity index (χ3v) is 5.57. The molecular formula is C14H27N3. The smallest absolute Gasteiger partial charge is 0.0490 e. The van der Waals surface area contributed by atoms with Gasteiger partial charge >= 0.3 is 0 Å². The third-order valence-electron chi connectivity index (χ3n) is 5.57. The van der Waals surface area contributed by atoms with Crippen LogP contribution in [0.4, 0.5) is 0 Å². The molecule has 4 rings (SSSR count). The van der Waals surface area contributed by atoms with Gasteiger partial charge < -0.3 is 10.6 Å². The van der Waals surface area contributed by atoms with Crippen LogP contribution in [0.3, 0.4) is 0 Å². The highest BCUT2D eigenvalue weighted by Gasteiger charge is 2.50. The molecule has 4 aliphatic rings. The van der Waals surface area contributed by atoms with E-state index in [4.69, 9.17) is 5.73 Å². The fourth-order valence-corrected chi connectivity index (χ4v) is 4.58. The van der Waals surface area contributed by atoms with E-state index >= 15 is 0 Å². The first kappa shape index (κ1) is 11.9. The van der Waals surface area contributed by atoms with Crippen LogP contribution < -0.4 is 5.73 Å². The molecule has 0 saturated carbocycles. The summed E-state index contributed by atoms with van der Waals surface area (Å²) in [6.45, 7) is 8.41. The summed E-state index contributed by atoms with van der Waals surface area (Å²) < 4.78 is 0. The summed E-state index contributed by atoms with van der Waals surface area (Å²) in [5.41, 5.74) is 6.57. The molecule has 0 aliphatic carbocycles. The lowest BCUT2D eigenvalue weighted by Gasteiger charge is -2.60. The van der Waals surface area contributed by atoms with Crippen LogP contribution in [0.1, 0.15) is 39.0 Å². The van der Waals surface area contributed by atoms with Gasteiger partial charge in [0.2, 0.25) is 0 Å². The predicted molar refractivity (Wildman–Crippen MR) is 71.0 cm³/mol. The van der Waals surface area contributed by atoms with Crippen molar-refractivity contribution in [2.45, 2.75) is 50.6 Å². The van der Waals surface area contributed by atoms with Crippen LogP contribution in [0.5, 0.6) is 0 Å². The Morgan fingerprint density at radius 3 is 2.41 bits per heavy atom. The molecule has 0 aromatic rings. The largest absolute Gasteiger partial charge is 0.329 e. The van der Waals surface area contributed by atoms with Crippen molar-refractivity contribution in [2.24, 2.45) is 11.7 Å². The minimum atomic E-state index is 0.316. The maximum Gasteiger partial charge on any atom is 0.0490 e. The van der Waals surface area contributed by atoms with E-state index in [1.165, 1.54) is 58.3 Å². The third kappa shape index (κ3) is 1.83. The molecule has 2 unspecified atom stereocenters. The molecule has 2 N–H and O–H groups in total. The number of piperidine rings is 4. The normalized spacial score (nSPS) is 47.3. The maximum atomic E-state index is 6.25. The number of nitrogens with zero attached hydrogens (tertiary/aromatic N) is 2. The topological polar surface area (TPSA) is 32.5 Å². The van der Waals surface area contributed by atoms with E-state index in [1.807, 2.05) is 0 Å². The van der Waals surface area contributed by atoms with Crippen LogP contribution in [-0.4, -0.2) is 54.1 Å². The Morgan fingerprint density at radius 2 is 1.88 bits per heavy atom. The summed E-state index contributed by atoms with van der Waals surface area (Å²) in [6, 6.07) is 0.743. The van der Waals surface area contributed by atoms with E-state index in [-0.39, 0.29) is 0 Å². The first-order valence-corrected chi connectivity index (χ1v) is 7.45. The van der Waals surface area contributed by atoms with Crippen molar-refractivity contribution in [1.29, 1.82) is 0 Å². The van der Waals surface area contributed by atoms with E-state index in [2.05, 4.69) is 16.7 Å². The van der Waals surface area contributed by atoms with Gasteiger partial charge in [0, 0.05) is 24.7 Å². The molecule has 4 saturated heterocycles. The Hall–Kier alpha value is -0.120. The highest BCUT2D eigenvalue weighted by molar-refractivity contribution is 5.07. The number of likely N-dealkylation sites (tertiary alicyclic amines) is 1. The van der Waals surface area contributed by atoms with Gasteiger partial charge in [0.25, 0.3) is 0 Å². The van der Waals surface area contributed by atoms with Crippen LogP contribution in [-0.2, 0) is 0 Å². The van der Waals surface area contributed by atoms with Crippen molar-refractivity contribution >= 4 is 0 Å².